The molecule has 0 saturated carbocycles. The van der Waals surface area contributed by atoms with Crippen molar-refractivity contribution in [2.45, 2.75) is 65.2 Å². The van der Waals surface area contributed by atoms with Crippen LogP contribution in [0.1, 0.15) is 74.6 Å². The van der Waals surface area contributed by atoms with Crippen LogP contribution in [0, 0.1) is 17.7 Å². The summed E-state index contributed by atoms with van der Waals surface area (Å²) in [6.07, 6.45) is 13.8. The van der Waals surface area contributed by atoms with Crippen LogP contribution in [0.2, 0.25) is 0 Å². The first-order valence-corrected chi connectivity index (χ1v) is 13.7. The summed E-state index contributed by atoms with van der Waals surface area (Å²) in [5.41, 5.74) is 6.30. The van der Waals surface area contributed by atoms with Crippen molar-refractivity contribution in [1.82, 2.24) is 0 Å². The number of halogens is 1. The van der Waals surface area contributed by atoms with Gasteiger partial charge in [0.2, 0.25) is 0 Å². The molecule has 0 aliphatic heterocycles. The fourth-order valence-electron chi connectivity index (χ4n) is 4.69. The van der Waals surface area contributed by atoms with Crippen molar-refractivity contribution >= 4 is 10.8 Å². The Morgan fingerprint density at radius 1 is 0.703 bits per heavy atom. The Bertz CT molecular complexity index is 1380. The van der Waals surface area contributed by atoms with Gasteiger partial charge in [-0.1, -0.05) is 117 Å². The summed E-state index contributed by atoms with van der Waals surface area (Å²) in [5, 5.41) is 1.59. The summed E-state index contributed by atoms with van der Waals surface area (Å²) < 4.78 is 15.2. The van der Waals surface area contributed by atoms with Gasteiger partial charge in [0.15, 0.2) is 0 Å². The van der Waals surface area contributed by atoms with E-state index < -0.39 is 0 Å². The first-order valence-electron chi connectivity index (χ1n) is 13.7. The van der Waals surface area contributed by atoms with E-state index in [0.29, 0.717) is 10.9 Å². The molecular weight excluding hydrogens is 451 g/mol. The second-order valence-electron chi connectivity index (χ2n) is 9.78. The number of benzene rings is 4. The highest BCUT2D eigenvalue weighted by molar-refractivity contribution is 5.85. The lowest BCUT2D eigenvalue weighted by molar-refractivity contribution is 0.631. The van der Waals surface area contributed by atoms with Gasteiger partial charge in [0.25, 0.3) is 0 Å². The van der Waals surface area contributed by atoms with E-state index in [1.807, 2.05) is 30.3 Å². The molecule has 0 spiro atoms. The van der Waals surface area contributed by atoms with Crippen LogP contribution in [0.15, 0.2) is 91.0 Å². The number of hydrogen-bond donors (Lipinski definition) is 0. The van der Waals surface area contributed by atoms with Crippen molar-refractivity contribution in [3.05, 3.63) is 119 Å². The number of unbranched alkanes of at least 4 members (excludes halogenated alkanes) is 4. The zero-order valence-corrected chi connectivity index (χ0v) is 22.2. The van der Waals surface area contributed by atoms with E-state index in [-0.39, 0.29) is 5.82 Å². The molecule has 0 nitrogen and oxygen atoms in total. The normalized spacial score (nSPS) is 11.1. The lowest BCUT2D eigenvalue weighted by atomic mass is 9.99. The van der Waals surface area contributed by atoms with E-state index in [0.717, 1.165) is 35.8 Å². The largest absolute Gasteiger partial charge is 0.205 e. The number of allylic oxidation sites excluding steroid dienone is 2. The quantitative estimate of drug-likeness (QED) is 0.118. The van der Waals surface area contributed by atoms with Crippen LogP contribution in [-0.4, -0.2) is 0 Å². The predicted molar refractivity (Wildman–Crippen MR) is 157 cm³/mol. The molecule has 188 valence electrons. The second-order valence-corrected chi connectivity index (χ2v) is 9.78. The summed E-state index contributed by atoms with van der Waals surface area (Å²) in [5.74, 6) is 5.96. The van der Waals surface area contributed by atoms with Gasteiger partial charge in [-0.2, -0.15) is 0 Å². The minimum Gasteiger partial charge on any atom is -0.205 e. The van der Waals surface area contributed by atoms with Crippen LogP contribution in [-0.2, 0) is 12.8 Å². The van der Waals surface area contributed by atoms with Crippen LogP contribution in [0.3, 0.4) is 0 Å². The molecule has 0 aliphatic rings. The zero-order chi connectivity index (χ0) is 25.9. The van der Waals surface area contributed by atoms with Gasteiger partial charge in [0.05, 0.1) is 5.56 Å². The molecule has 1 heteroatoms. The van der Waals surface area contributed by atoms with E-state index >= 15 is 4.39 Å². The maximum atomic E-state index is 15.2. The van der Waals surface area contributed by atoms with E-state index in [1.54, 1.807) is 0 Å². The third-order valence-corrected chi connectivity index (χ3v) is 6.94. The molecule has 0 aromatic heterocycles. The number of aryl methyl sites for hydroxylation is 2. The van der Waals surface area contributed by atoms with Crippen LogP contribution in [0.25, 0.3) is 21.9 Å². The van der Waals surface area contributed by atoms with Crippen molar-refractivity contribution in [3.63, 3.8) is 0 Å². The minimum atomic E-state index is -0.231. The first kappa shape index (κ1) is 26.4. The minimum absolute atomic E-state index is 0.231. The number of rotatable bonds is 10. The van der Waals surface area contributed by atoms with E-state index in [1.165, 1.54) is 48.8 Å². The Hall–Kier alpha value is -3.63. The molecule has 0 aliphatic carbocycles. The molecular formula is C36H37F. The van der Waals surface area contributed by atoms with Crippen LogP contribution < -0.4 is 0 Å². The third kappa shape index (κ3) is 7.43. The summed E-state index contributed by atoms with van der Waals surface area (Å²) in [6, 6.07) is 26.8. The maximum absolute atomic E-state index is 15.2. The van der Waals surface area contributed by atoms with Crippen LogP contribution >= 0.6 is 0 Å². The fourth-order valence-corrected chi connectivity index (χ4v) is 4.69. The van der Waals surface area contributed by atoms with Gasteiger partial charge in [0.1, 0.15) is 5.82 Å². The lowest BCUT2D eigenvalue weighted by Crippen LogP contribution is -1.90. The average molecular weight is 489 g/mol. The standard InChI is InChI=1S/C36H37F/c1-3-5-7-8-10-12-30-18-26-35-34(27-30)25-24-33(36(35)37)23-17-29-15-21-32(22-16-29)31-19-13-28(14-20-31)11-9-6-4-2/h4,6,13-16,18-22,24-27H,3,5,7-12H2,1-2H3/b6-4+. The van der Waals surface area contributed by atoms with Gasteiger partial charge < -0.3 is 0 Å². The Labute approximate surface area is 222 Å². The maximum Gasteiger partial charge on any atom is 0.146 e. The van der Waals surface area contributed by atoms with E-state index in [9.17, 15) is 0 Å². The van der Waals surface area contributed by atoms with Crippen LogP contribution in [0.5, 0.6) is 0 Å². The van der Waals surface area contributed by atoms with Gasteiger partial charge in [-0.15, -0.1) is 0 Å². The molecule has 0 saturated heterocycles. The van der Waals surface area contributed by atoms with E-state index in [2.05, 4.69) is 86.4 Å². The Kier molecular flexibility index (Phi) is 9.73. The molecule has 0 amide bonds. The van der Waals surface area contributed by atoms with Gasteiger partial charge >= 0.3 is 0 Å². The summed E-state index contributed by atoms with van der Waals surface area (Å²) in [6.45, 7) is 4.29. The molecule has 0 unspecified atom stereocenters. The fraction of sp³-hybridized carbons (Fsp3) is 0.278. The topological polar surface area (TPSA) is 0 Å². The number of hydrogen-bond acceptors (Lipinski definition) is 0. The Morgan fingerprint density at radius 2 is 1.41 bits per heavy atom. The predicted octanol–water partition coefficient (Wildman–Crippen LogP) is 10.1. The summed E-state index contributed by atoms with van der Waals surface area (Å²) in [7, 11) is 0. The van der Waals surface area contributed by atoms with Gasteiger partial charge in [-0.05, 0) is 78.4 Å². The number of fused-ring (bicyclic) bond motifs is 1. The Morgan fingerprint density at radius 3 is 2.14 bits per heavy atom. The molecule has 4 aromatic carbocycles. The molecule has 0 bridgehead atoms. The highest BCUT2D eigenvalue weighted by Gasteiger charge is 2.07. The Balaban J connectivity index is 1.42. The average Bonchev–Trinajstić information content (AvgIpc) is 2.93. The van der Waals surface area contributed by atoms with Crippen LogP contribution in [0.4, 0.5) is 4.39 Å². The van der Waals surface area contributed by atoms with Gasteiger partial charge in [0, 0.05) is 10.9 Å². The van der Waals surface area contributed by atoms with Crippen molar-refractivity contribution in [3.8, 4) is 23.0 Å². The first-order chi connectivity index (χ1) is 18.2. The zero-order valence-electron chi connectivity index (χ0n) is 22.2. The van der Waals surface area contributed by atoms with E-state index in [4.69, 9.17) is 0 Å². The molecule has 0 radical (unpaired) electrons. The molecule has 0 fully saturated rings. The second kappa shape index (κ2) is 13.6. The third-order valence-electron chi connectivity index (χ3n) is 6.94. The SMILES string of the molecule is C/C=C/CCc1ccc(-c2ccc(C#Cc3ccc4cc(CCCCCCC)ccc4c3F)cc2)cc1. The van der Waals surface area contributed by atoms with Gasteiger partial charge in [-0.25, -0.2) is 4.39 Å². The summed E-state index contributed by atoms with van der Waals surface area (Å²) >= 11 is 0. The van der Waals surface area contributed by atoms with Crippen molar-refractivity contribution in [2.24, 2.45) is 0 Å². The molecule has 37 heavy (non-hydrogen) atoms. The smallest absolute Gasteiger partial charge is 0.146 e. The molecule has 4 aromatic rings. The monoisotopic (exact) mass is 488 g/mol. The molecule has 0 heterocycles. The highest BCUT2D eigenvalue weighted by atomic mass is 19.1. The van der Waals surface area contributed by atoms with Crippen molar-refractivity contribution < 1.29 is 4.39 Å². The molecule has 0 atom stereocenters. The highest BCUT2D eigenvalue weighted by Crippen LogP contribution is 2.24. The summed E-state index contributed by atoms with van der Waals surface area (Å²) in [4.78, 5) is 0. The lowest BCUT2D eigenvalue weighted by Gasteiger charge is -2.06. The van der Waals surface area contributed by atoms with Gasteiger partial charge in [-0.3, -0.25) is 0 Å². The van der Waals surface area contributed by atoms with Crippen molar-refractivity contribution in [1.29, 1.82) is 0 Å². The molecule has 0 N–H and O–H groups in total. The van der Waals surface area contributed by atoms with Crippen molar-refractivity contribution in [2.75, 3.05) is 0 Å². The molecule has 4 rings (SSSR count).